The van der Waals surface area contributed by atoms with Crippen LogP contribution in [0.25, 0.3) is 0 Å². The third kappa shape index (κ3) is 3.36. The van der Waals surface area contributed by atoms with Crippen LogP contribution in [0, 0.1) is 10.4 Å². The summed E-state index contributed by atoms with van der Waals surface area (Å²) in [6, 6.07) is 4.13. The highest BCUT2D eigenvalue weighted by atomic mass is 32.2. The molecule has 0 aliphatic heterocycles. The molecule has 0 aromatic carbocycles. The van der Waals surface area contributed by atoms with Crippen LogP contribution in [-0.2, 0) is 19.7 Å². The molecule has 0 radical (unpaired) electrons. The first kappa shape index (κ1) is 18.5. The van der Waals surface area contributed by atoms with Crippen LogP contribution in [0.2, 0.25) is 0 Å². The van der Waals surface area contributed by atoms with Gasteiger partial charge in [0.1, 0.15) is 0 Å². The molecule has 0 amide bonds. The number of hydrogen-bond donors (Lipinski definition) is 0. The van der Waals surface area contributed by atoms with Crippen molar-refractivity contribution in [2.24, 2.45) is 0 Å². The lowest BCUT2D eigenvalue weighted by atomic mass is 10.0. The zero-order chi connectivity index (χ0) is 18.9. The molecule has 9 nitrogen and oxygen atoms in total. The molecule has 0 saturated heterocycles. The first-order valence-corrected chi connectivity index (χ1v) is 11.0. The van der Waals surface area contributed by atoms with Crippen LogP contribution in [-0.4, -0.2) is 27.2 Å². The molecule has 2 aromatic heterocycles. The van der Waals surface area contributed by atoms with Crippen molar-refractivity contribution in [3.05, 3.63) is 47.1 Å². The van der Waals surface area contributed by atoms with Gasteiger partial charge < -0.3 is 10.4 Å². The van der Waals surface area contributed by atoms with Crippen molar-refractivity contribution in [2.75, 3.05) is 0 Å². The van der Waals surface area contributed by atoms with Crippen LogP contribution < -0.4 is 9.58 Å². The fraction of sp³-hybridized carbons (Fsp3) is 0.400. The zero-order valence-corrected chi connectivity index (χ0v) is 15.3. The number of hydrogen-bond acceptors (Lipinski definition) is 7. The molecule has 1 aliphatic carbocycles. The van der Waals surface area contributed by atoms with Crippen molar-refractivity contribution < 1.29 is 26.4 Å². The fourth-order valence-corrected chi connectivity index (χ4v) is 5.93. The second kappa shape index (κ2) is 6.80. The Labute approximate surface area is 150 Å². The summed E-state index contributed by atoms with van der Waals surface area (Å²) in [6.07, 6.45) is 5.45. The van der Waals surface area contributed by atoms with Crippen LogP contribution in [0.15, 0.2) is 51.6 Å². The monoisotopic (exact) mass is 399 g/mol. The van der Waals surface area contributed by atoms with E-state index >= 15 is 0 Å². The summed E-state index contributed by atoms with van der Waals surface area (Å²) in [5, 5.41) is 24.8. The Morgan fingerprint density at radius 2 is 1.54 bits per heavy atom. The third-order valence-electron chi connectivity index (χ3n) is 4.39. The number of sulfone groups is 2. The molecule has 140 valence electrons. The highest BCUT2D eigenvalue weighted by Crippen LogP contribution is 2.27. The van der Waals surface area contributed by atoms with Crippen LogP contribution in [0.4, 0.5) is 0 Å². The van der Waals surface area contributed by atoms with E-state index in [-0.39, 0.29) is 9.74 Å². The SMILES string of the molecule is O=S(=O)(c1cc[n+]([O-])cc1)c1ccc(S(=O)(=O)C2CCCCC2)[n+]([O-])n1. The number of aromatic nitrogens is 3. The minimum atomic E-state index is -4.14. The molecule has 0 atom stereocenters. The standard InChI is InChI=1S/C15H17N3O6S2/c19-17-10-8-13(9-11-17)25(21,22)14-6-7-15(18(20)16-14)26(23,24)12-4-2-1-3-5-12/h6-12H,1-5H2. The average Bonchev–Trinajstić information content (AvgIpc) is 2.62. The van der Waals surface area contributed by atoms with E-state index in [2.05, 4.69) is 5.10 Å². The van der Waals surface area contributed by atoms with E-state index < -0.39 is 35.0 Å². The van der Waals surface area contributed by atoms with Crippen molar-refractivity contribution in [1.29, 1.82) is 0 Å². The lowest BCUT2D eigenvalue weighted by molar-refractivity contribution is -0.711. The van der Waals surface area contributed by atoms with Gasteiger partial charge in [-0.25, -0.2) is 16.8 Å². The molecule has 1 fully saturated rings. The first-order chi connectivity index (χ1) is 12.2. The molecule has 0 N–H and O–H groups in total. The minimum Gasteiger partial charge on any atom is -0.619 e. The van der Waals surface area contributed by atoms with Crippen molar-refractivity contribution >= 4 is 19.7 Å². The maximum atomic E-state index is 12.6. The van der Waals surface area contributed by atoms with Crippen LogP contribution >= 0.6 is 0 Å². The Bertz CT molecular complexity index is 1010. The van der Waals surface area contributed by atoms with Crippen LogP contribution in [0.5, 0.6) is 0 Å². The molecule has 1 saturated carbocycles. The Morgan fingerprint density at radius 1 is 0.923 bits per heavy atom. The lowest BCUT2D eigenvalue weighted by Crippen LogP contribution is -2.42. The van der Waals surface area contributed by atoms with Gasteiger partial charge in [-0.05, 0) is 23.8 Å². The van der Waals surface area contributed by atoms with Gasteiger partial charge >= 0.3 is 5.03 Å². The van der Waals surface area contributed by atoms with Crippen molar-refractivity contribution in [1.82, 2.24) is 5.10 Å². The molecule has 3 rings (SSSR count). The topological polar surface area (TPSA) is 135 Å². The first-order valence-electron chi connectivity index (χ1n) is 8.01. The highest BCUT2D eigenvalue weighted by molar-refractivity contribution is 7.92. The van der Waals surface area contributed by atoms with E-state index in [0.717, 1.165) is 55.9 Å². The zero-order valence-electron chi connectivity index (χ0n) is 13.7. The van der Waals surface area contributed by atoms with Crippen LogP contribution in [0.3, 0.4) is 0 Å². The quantitative estimate of drug-likeness (QED) is 0.532. The number of nitrogens with zero attached hydrogens (tertiary/aromatic N) is 3. The molecule has 26 heavy (non-hydrogen) atoms. The van der Waals surface area contributed by atoms with Gasteiger partial charge in [-0.1, -0.05) is 19.3 Å². The van der Waals surface area contributed by atoms with E-state index in [9.17, 15) is 27.3 Å². The Kier molecular flexibility index (Phi) is 4.84. The average molecular weight is 399 g/mol. The molecular weight excluding hydrogens is 382 g/mol. The fourth-order valence-electron chi connectivity index (χ4n) is 2.97. The smallest absolute Gasteiger partial charge is 0.335 e. The summed E-state index contributed by atoms with van der Waals surface area (Å²) >= 11 is 0. The molecule has 0 unspecified atom stereocenters. The molecule has 1 aliphatic rings. The van der Waals surface area contributed by atoms with Gasteiger partial charge in [-0.2, -0.15) is 4.73 Å². The molecule has 0 spiro atoms. The predicted molar refractivity (Wildman–Crippen MR) is 88.1 cm³/mol. The molecule has 11 heteroatoms. The summed E-state index contributed by atoms with van der Waals surface area (Å²) < 4.78 is 50.6. The largest absolute Gasteiger partial charge is 0.619 e. The van der Waals surface area contributed by atoms with Crippen LogP contribution in [0.1, 0.15) is 32.1 Å². The summed E-state index contributed by atoms with van der Waals surface area (Å²) in [5.41, 5.74) is 0. The van der Waals surface area contributed by atoms with Gasteiger partial charge in [0, 0.05) is 23.3 Å². The van der Waals surface area contributed by atoms with Gasteiger partial charge in [0.2, 0.25) is 24.7 Å². The molecule has 2 aromatic rings. The molecule has 0 bridgehead atoms. The molecule has 2 heterocycles. The van der Waals surface area contributed by atoms with E-state index in [1.807, 2.05) is 0 Å². The van der Waals surface area contributed by atoms with Gasteiger partial charge in [0.25, 0.3) is 0 Å². The minimum absolute atomic E-state index is 0.145. The Hall–Kier alpha value is -2.27. The summed E-state index contributed by atoms with van der Waals surface area (Å²) in [7, 11) is -8.02. The predicted octanol–water partition coefficient (Wildman–Crippen LogP) is 0.288. The van der Waals surface area contributed by atoms with Crippen molar-refractivity contribution in [2.45, 2.75) is 52.3 Å². The van der Waals surface area contributed by atoms with Crippen molar-refractivity contribution in [3.63, 3.8) is 0 Å². The number of rotatable bonds is 4. The third-order valence-corrected chi connectivity index (χ3v) is 8.27. The van der Waals surface area contributed by atoms with Gasteiger partial charge in [0.15, 0.2) is 12.4 Å². The summed E-state index contributed by atoms with van der Waals surface area (Å²) in [5.74, 6) is 0. The maximum absolute atomic E-state index is 12.6. The maximum Gasteiger partial charge on any atom is 0.335 e. The van der Waals surface area contributed by atoms with E-state index in [1.54, 1.807) is 0 Å². The van der Waals surface area contributed by atoms with Crippen molar-refractivity contribution in [3.8, 4) is 0 Å². The van der Waals surface area contributed by atoms with E-state index in [1.165, 1.54) is 0 Å². The second-order valence-electron chi connectivity index (χ2n) is 6.08. The normalized spacial score (nSPS) is 16.5. The summed E-state index contributed by atoms with van der Waals surface area (Å²) in [6.45, 7) is 0. The summed E-state index contributed by atoms with van der Waals surface area (Å²) in [4.78, 5) is -0.368. The second-order valence-corrected chi connectivity index (χ2v) is 10.2. The van der Waals surface area contributed by atoms with Gasteiger partial charge in [-0.3, -0.25) is 0 Å². The lowest BCUT2D eigenvalue weighted by Gasteiger charge is -2.20. The van der Waals surface area contributed by atoms with Gasteiger partial charge in [0.05, 0.1) is 10.1 Å². The van der Waals surface area contributed by atoms with Gasteiger partial charge in [-0.15, -0.1) is 0 Å². The highest BCUT2D eigenvalue weighted by Gasteiger charge is 2.36. The number of pyridine rings is 1. The Morgan fingerprint density at radius 3 is 2.12 bits per heavy atom. The Balaban J connectivity index is 1.98. The van der Waals surface area contributed by atoms with E-state index in [0.29, 0.717) is 17.6 Å². The van der Waals surface area contributed by atoms with E-state index in [4.69, 9.17) is 0 Å². The molecular formula is C15H17N3O6S2.